The highest BCUT2D eigenvalue weighted by Gasteiger charge is 2.28. The van der Waals surface area contributed by atoms with E-state index in [1.165, 1.54) is 27.8 Å². The van der Waals surface area contributed by atoms with Crippen LogP contribution in [0.4, 0.5) is 0 Å². The molecule has 1 atom stereocenters. The van der Waals surface area contributed by atoms with E-state index in [9.17, 15) is 9.59 Å². The lowest BCUT2D eigenvalue weighted by molar-refractivity contribution is -0.132. The van der Waals surface area contributed by atoms with Crippen LogP contribution in [-0.2, 0) is 31.2 Å². The molecule has 0 radical (unpaired) electrons. The van der Waals surface area contributed by atoms with Crippen molar-refractivity contribution in [3.63, 3.8) is 0 Å². The molecule has 0 saturated carbocycles. The first-order chi connectivity index (χ1) is 15.5. The van der Waals surface area contributed by atoms with Crippen LogP contribution >= 0.6 is 23.1 Å². The standard InChI is InChI=1S/C24H28N4O2S2/c1-16(22(29)28-13-11-27(12-14-28)15-17-7-4-3-5-8-17)31-24-25-21-20(23(30)26(24)2)18-9-6-10-19(18)32-21/h3-5,7-8,16H,6,9-15H2,1-2H3. The lowest BCUT2D eigenvalue weighted by atomic mass is 10.2. The third-order valence-electron chi connectivity index (χ3n) is 6.47. The SMILES string of the molecule is CC(Sc1nc2sc3c(c2c(=O)n1C)CCC3)C(=O)N1CCN(Cc2ccccc2)CC1. The number of thioether (sulfide) groups is 1. The molecular formula is C24H28N4O2S2. The van der Waals surface area contributed by atoms with Gasteiger partial charge >= 0.3 is 0 Å². The van der Waals surface area contributed by atoms with Gasteiger partial charge in [-0.05, 0) is 37.3 Å². The maximum atomic E-state index is 13.1. The fraction of sp³-hybridized carbons (Fsp3) is 0.458. The van der Waals surface area contributed by atoms with Gasteiger partial charge in [0.15, 0.2) is 5.16 Å². The molecular weight excluding hydrogens is 440 g/mol. The summed E-state index contributed by atoms with van der Waals surface area (Å²) in [6, 6.07) is 10.5. The van der Waals surface area contributed by atoms with Crippen LogP contribution < -0.4 is 5.56 Å². The van der Waals surface area contributed by atoms with Gasteiger partial charge in [-0.2, -0.15) is 0 Å². The average Bonchev–Trinajstić information content (AvgIpc) is 3.39. The van der Waals surface area contributed by atoms with E-state index in [2.05, 4.69) is 29.2 Å². The molecule has 32 heavy (non-hydrogen) atoms. The molecule has 2 aromatic heterocycles. The average molecular weight is 469 g/mol. The van der Waals surface area contributed by atoms with Crippen LogP contribution in [0.5, 0.6) is 0 Å². The third kappa shape index (κ3) is 4.11. The lowest BCUT2D eigenvalue weighted by Gasteiger charge is -2.35. The molecule has 1 aliphatic heterocycles. The molecule has 1 saturated heterocycles. The summed E-state index contributed by atoms with van der Waals surface area (Å²) in [4.78, 5) is 37.4. The molecule has 1 aromatic carbocycles. The van der Waals surface area contributed by atoms with Crippen molar-refractivity contribution < 1.29 is 4.79 Å². The minimum Gasteiger partial charge on any atom is -0.339 e. The number of carbonyl (C=O) groups is 1. The zero-order valence-electron chi connectivity index (χ0n) is 18.5. The van der Waals surface area contributed by atoms with Crippen LogP contribution in [0.25, 0.3) is 10.2 Å². The van der Waals surface area contributed by atoms with Crippen LogP contribution in [0, 0.1) is 0 Å². The van der Waals surface area contributed by atoms with Gasteiger partial charge in [-0.15, -0.1) is 11.3 Å². The van der Waals surface area contributed by atoms with Crippen molar-refractivity contribution in [3.05, 3.63) is 56.7 Å². The van der Waals surface area contributed by atoms with Crippen molar-refractivity contribution in [1.82, 2.24) is 19.4 Å². The fourth-order valence-corrected chi connectivity index (χ4v) is 6.91. The summed E-state index contributed by atoms with van der Waals surface area (Å²) >= 11 is 3.05. The van der Waals surface area contributed by atoms with Crippen molar-refractivity contribution in [2.75, 3.05) is 26.2 Å². The second-order valence-corrected chi connectivity index (χ2v) is 11.0. The first-order valence-corrected chi connectivity index (χ1v) is 12.9. The second kappa shape index (κ2) is 9.00. The zero-order valence-corrected chi connectivity index (χ0v) is 20.2. The highest BCUT2D eigenvalue weighted by molar-refractivity contribution is 8.00. The molecule has 1 amide bonds. The minimum absolute atomic E-state index is 0.0195. The van der Waals surface area contributed by atoms with E-state index in [0.29, 0.717) is 5.16 Å². The van der Waals surface area contributed by atoms with Gasteiger partial charge in [0, 0.05) is 44.6 Å². The first kappa shape index (κ1) is 21.7. The monoisotopic (exact) mass is 468 g/mol. The molecule has 0 N–H and O–H groups in total. The molecule has 1 fully saturated rings. The predicted octanol–water partition coefficient (Wildman–Crippen LogP) is 3.31. The van der Waals surface area contributed by atoms with Crippen molar-refractivity contribution in [3.8, 4) is 0 Å². The van der Waals surface area contributed by atoms with E-state index in [4.69, 9.17) is 4.98 Å². The number of benzene rings is 1. The van der Waals surface area contributed by atoms with Gasteiger partial charge in [0.25, 0.3) is 5.56 Å². The number of hydrogen-bond acceptors (Lipinski definition) is 6. The minimum atomic E-state index is -0.280. The molecule has 5 rings (SSSR count). The Morgan fingerprint density at radius 2 is 1.91 bits per heavy atom. The summed E-state index contributed by atoms with van der Waals surface area (Å²) in [5, 5.41) is 1.15. The largest absolute Gasteiger partial charge is 0.339 e. The van der Waals surface area contributed by atoms with Gasteiger partial charge in [0.1, 0.15) is 4.83 Å². The Kier molecular flexibility index (Phi) is 6.09. The number of aryl methyl sites for hydroxylation is 2. The summed E-state index contributed by atoms with van der Waals surface area (Å²) in [6.45, 7) is 6.07. The van der Waals surface area contributed by atoms with E-state index in [-0.39, 0.29) is 16.7 Å². The van der Waals surface area contributed by atoms with Gasteiger partial charge in [-0.25, -0.2) is 4.98 Å². The first-order valence-electron chi connectivity index (χ1n) is 11.2. The number of nitrogens with zero attached hydrogens (tertiary/aromatic N) is 4. The molecule has 8 heteroatoms. The third-order valence-corrected chi connectivity index (χ3v) is 8.79. The van der Waals surface area contributed by atoms with Crippen LogP contribution in [0.3, 0.4) is 0 Å². The van der Waals surface area contributed by atoms with E-state index in [1.807, 2.05) is 17.9 Å². The smallest absolute Gasteiger partial charge is 0.262 e. The Bertz CT molecular complexity index is 1200. The topological polar surface area (TPSA) is 58.4 Å². The van der Waals surface area contributed by atoms with Gasteiger partial charge in [0.2, 0.25) is 5.91 Å². The van der Waals surface area contributed by atoms with Crippen LogP contribution in [0.1, 0.15) is 29.3 Å². The van der Waals surface area contributed by atoms with Crippen molar-refractivity contribution in [2.45, 2.75) is 43.1 Å². The Morgan fingerprint density at radius 1 is 1.16 bits per heavy atom. The summed E-state index contributed by atoms with van der Waals surface area (Å²) < 4.78 is 1.62. The summed E-state index contributed by atoms with van der Waals surface area (Å²) in [5.74, 6) is 0.123. The van der Waals surface area contributed by atoms with Crippen molar-refractivity contribution >= 4 is 39.2 Å². The van der Waals surface area contributed by atoms with Crippen molar-refractivity contribution in [2.24, 2.45) is 7.05 Å². The number of fused-ring (bicyclic) bond motifs is 3. The molecule has 0 bridgehead atoms. The maximum absolute atomic E-state index is 13.1. The highest BCUT2D eigenvalue weighted by Crippen LogP contribution is 2.36. The number of amides is 1. The van der Waals surface area contributed by atoms with Gasteiger partial charge in [-0.1, -0.05) is 42.1 Å². The molecule has 0 spiro atoms. The van der Waals surface area contributed by atoms with Gasteiger partial charge < -0.3 is 4.90 Å². The van der Waals surface area contributed by atoms with E-state index in [1.54, 1.807) is 23.0 Å². The Morgan fingerprint density at radius 3 is 2.66 bits per heavy atom. The highest BCUT2D eigenvalue weighted by atomic mass is 32.2. The van der Waals surface area contributed by atoms with Crippen molar-refractivity contribution in [1.29, 1.82) is 0 Å². The molecule has 3 heterocycles. The molecule has 168 valence electrons. The van der Waals surface area contributed by atoms with E-state index >= 15 is 0 Å². The molecule has 3 aromatic rings. The number of aromatic nitrogens is 2. The Hall–Kier alpha value is -2.16. The summed E-state index contributed by atoms with van der Waals surface area (Å²) in [6.07, 6.45) is 3.15. The summed E-state index contributed by atoms with van der Waals surface area (Å²) in [5.41, 5.74) is 2.52. The van der Waals surface area contributed by atoms with Gasteiger partial charge in [-0.3, -0.25) is 19.1 Å². The van der Waals surface area contributed by atoms with E-state index in [0.717, 1.165) is 62.2 Å². The summed E-state index contributed by atoms with van der Waals surface area (Å²) in [7, 11) is 1.77. The maximum Gasteiger partial charge on any atom is 0.262 e. The Balaban J connectivity index is 1.24. The van der Waals surface area contributed by atoms with E-state index < -0.39 is 0 Å². The molecule has 2 aliphatic rings. The number of hydrogen-bond donors (Lipinski definition) is 0. The Labute approximate surface area is 196 Å². The van der Waals surface area contributed by atoms with Gasteiger partial charge in [0.05, 0.1) is 10.6 Å². The van der Waals surface area contributed by atoms with Crippen LogP contribution in [0.2, 0.25) is 0 Å². The van der Waals surface area contributed by atoms with Crippen LogP contribution in [-0.4, -0.2) is 56.7 Å². The normalized spacial score (nSPS) is 17.6. The molecule has 1 aliphatic carbocycles. The quantitative estimate of drug-likeness (QED) is 0.425. The number of rotatable bonds is 5. The zero-order chi connectivity index (χ0) is 22.2. The molecule has 6 nitrogen and oxygen atoms in total. The number of carbonyl (C=O) groups excluding carboxylic acids is 1. The predicted molar refractivity (Wildman–Crippen MR) is 131 cm³/mol. The fourth-order valence-electron chi connectivity index (χ4n) is 4.64. The molecule has 1 unspecified atom stereocenters. The van der Waals surface area contributed by atoms with Crippen LogP contribution in [0.15, 0.2) is 40.3 Å². The number of piperazine rings is 1. The second-order valence-electron chi connectivity index (χ2n) is 8.64. The lowest BCUT2D eigenvalue weighted by Crippen LogP contribution is -2.50. The number of thiophene rings is 1.